The lowest BCUT2D eigenvalue weighted by molar-refractivity contribution is -0.120. The summed E-state index contributed by atoms with van der Waals surface area (Å²) in [4.78, 5) is 15.5. The third-order valence-electron chi connectivity index (χ3n) is 2.59. The predicted octanol–water partition coefficient (Wildman–Crippen LogP) is 2.11. The van der Waals surface area contributed by atoms with Gasteiger partial charge in [-0.3, -0.25) is 4.79 Å². The molecule has 0 fully saturated rings. The average molecular weight is 275 g/mol. The van der Waals surface area contributed by atoms with Gasteiger partial charge in [-0.05, 0) is 12.1 Å². The van der Waals surface area contributed by atoms with Crippen LogP contribution in [0.5, 0.6) is 0 Å². The molecular weight excluding hydrogens is 261 g/mol. The van der Waals surface area contributed by atoms with Gasteiger partial charge in [-0.15, -0.1) is 6.58 Å². The smallest absolute Gasteiger partial charge is 0.227 e. The van der Waals surface area contributed by atoms with E-state index in [0.717, 1.165) is 0 Å². The Hall–Kier alpha value is -2.50. The van der Waals surface area contributed by atoms with Gasteiger partial charge in [0.2, 0.25) is 17.6 Å². The van der Waals surface area contributed by atoms with E-state index in [4.69, 9.17) is 4.52 Å². The molecule has 1 N–H and O–H groups in total. The predicted molar refractivity (Wildman–Crippen MR) is 71.2 cm³/mol. The lowest BCUT2D eigenvalue weighted by atomic mass is 10.2. The number of aromatic nitrogens is 2. The molecule has 0 bridgehead atoms. The Labute approximate surface area is 115 Å². The molecule has 1 heterocycles. The molecule has 0 saturated carbocycles. The van der Waals surface area contributed by atoms with Gasteiger partial charge >= 0.3 is 0 Å². The first-order chi connectivity index (χ1) is 9.70. The van der Waals surface area contributed by atoms with Gasteiger partial charge in [-0.2, -0.15) is 4.98 Å². The lowest BCUT2D eigenvalue weighted by Crippen LogP contribution is -2.23. The second-order valence-electron chi connectivity index (χ2n) is 4.08. The van der Waals surface area contributed by atoms with Crippen LogP contribution in [-0.2, 0) is 11.2 Å². The second-order valence-corrected chi connectivity index (χ2v) is 4.08. The van der Waals surface area contributed by atoms with Crippen molar-refractivity contribution in [2.24, 2.45) is 0 Å². The maximum Gasteiger partial charge on any atom is 0.227 e. The lowest BCUT2D eigenvalue weighted by Gasteiger charge is -1.98. The zero-order chi connectivity index (χ0) is 14.4. The minimum Gasteiger partial charge on any atom is -0.353 e. The minimum atomic E-state index is -0.413. The maximum absolute atomic E-state index is 13.5. The average Bonchev–Trinajstić information content (AvgIpc) is 2.92. The largest absolute Gasteiger partial charge is 0.353 e. The van der Waals surface area contributed by atoms with Crippen molar-refractivity contribution in [1.29, 1.82) is 0 Å². The fourth-order valence-electron chi connectivity index (χ4n) is 1.60. The number of carbonyl (C=O) groups excluding carboxylic acids is 1. The number of nitrogens with one attached hydrogen (secondary N) is 1. The molecule has 1 aromatic heterocycles. The number of hydrogen-bond donors (Lipinski definition) is 1. The van der Waals surface area contributed by atoms with Gasteiger partial charge in [0, 0.05) is 19.4 Å². The van der Waals surface area contributed by atoms with Gasteiger partial charge in [-0.1, -0.05) is 23.4 Å². The molecule has 0 aliphatic rings. The fourth-order valence-corrected chi connectivity index (χ4v) is 1.60. The summed E-state index contributed by atoms with van der Waals surface area (Å²) < 4.78 is 18.5. The van der Waals surface area contributed by atoms with Crippen molar-refractivity contribution in [3.63, 3.8) is 0 Å². The molecule has 20 heavy (non-hydrogen) atoms. The summed E-state index contributed by atoms with van der Waals surface area (Å²) in [5.41, 5.74) is 0.276. The molecule has 0 unspecified atom stereocenters. The van der Waals surface area contributed by atoms with E-state index in [1.165, 1.54) is 6.07 Å². The highest BCUT2D eigenvalue weighted by Crippen LogP contribution is 2.19. The molecule has 5 nitrogen and oxygen atoms in total. The number of amides is 1. The van der Waals surface area contributed by atoms with Gasteiger partial charge in [0.1, 0.15) is 5.82 Å². The Morgan fingerprint density at radius 3 is 3.00 bits per heavy atom. The van der Waals surface area contributed by atoms with Crippen molar-refractivity contribution in [3.05, 3.63) is 48.6 Å². The molecule has 0 atom stereocenters. The Bertz CT molecular complexity index is 610. The molecular formula is C14H14FN3O2. The number of hydrogen-bond acceptors (Lipinski definition) is 4. The fraction of sp³-hybridized carbons (Fsp3) is 0.214. The summed E-state index contributed by atoms with van der Waals surface area (Å²) in [6.07, 6.45) is 2.14. The van der Waals surface area contributed by atoms with E-state index in [0.29, 0.717) is 18.9 Å². The highest BCUT2D eigenvalue weighted by Gasteiger charge is 2.13. The first-order valence-corrected chi connectivity index (χ1v) is 6.16. The third kappa shape index (κ3) is 3.50. The maximum atomic E-state index is 13.5. The van der Waals surface area contributed by atoms with Gasteiger partial charge in [0.05, 0.1) is 5.56 Å². The van der Waals surface area contributed by atoms with E-state index < -0.39 is 5.82 Å². The molecule has 2 aromatic rings. The number of rotatable bonds is 6. The minimum absolute atomic E-state index is 0.129. The summed E-state index contributed by atoms with van der Waals surface area (Å²) in [6, 6.07) is 6.18. The van der Waals surface area contributed by atoms with E-state index in [-0.39, 0.29) is 23.7 Å². The topological polar surface area (TPSA) is 68.0 Å². The van der Waals surface area contributed by atoms with Crippen molar-refractivity contribution >= 4 is 5.91 Å². The zero-order valence-corrected chi connectivity index (χ0v) is 10.8. The number of halogens is 1. The van der Waals surface area contributed by atoms with E-state index in [1.54, 1.807) is 24.3 Å². The molecule has 0 aliphatic heterocycles. The standard InChI is InChI=1S/C14H14FN3O2/c1-2-9-16-12(19)7-8-13-17-14(18-20-13)10-5-3-4-6-11(10)15/h2-6H,1,7-9H2,(H,16,19). The van der Waals surface area contributed by atoms with Crippen LogP contribution in [0.25, 0.3) is 11.4 Å². The van der Waals surface area contributed by atoms with Gasteiger partial charge < -0.3 is 9.84 Å². The van der Waals surface area contributed by atoms with E-state index in [2.05, 4.69) is 22.0 Å². The molecule has 0 saturated heterocycles. The Kier molecular flexibility index (Phi) is 4.60. The molecule has 0 spiro atoms. The molecule has 1 amide bonds. The third-order valence-corrected chi connectivity index (χ3v) is 2.59. The van der Waals surface area contributed by atoms with Gasteiger partial charge in [0.25, 0.3) is 0 Å². The molecule has 2 rings (SSSR count). The molecule has 0 radical (unpaired) electrons. The molecule has 104 valence electrons. The van der Waals surface area contributed by atoms with Crippen molar-refractivity contribution in [3.8, 4) is 11.4 Å². The van der Waals surface area contributed by atoms with Crippen molar-refractivity contribution in [1.82, 2.24) is 15.5 Å². The van der Waals surface area contributed by atoms with Gasteiger partial charge in [-0.25, -0.2) is 4.39 Å². The first-order valence-electron chi connectivity index (χ1n) is 6.16. The number of benzene rings is 1. The van der Waals surface area contributed by atoms with Crippen LogP contribution in [-0.4, -0.2) is 22.6 Å². The Balaban J connectivity index is 1.98. The monoisotopic (exact) mass is 275 g/mol. The second kappa shape index (κ2) is 6.60. The highest BCUT2D eigenvalue weighted by molar-refractivity contribution is 5.76. The van der Waals surface area contributed by atoms with Crippen molar-refractivity contribution < 1.29 is 13.7 Å². The zero-order valence-electron chi connectivity index (χ0n) is 10.8. The van der Waals surface area contributed by atoms with Crippen LogP contribution in [0.3, 0.4) is 0 Å². The molecule has 0 aliphatic carbocycles. The van der Waals surface area contributed by atoms with E-state index >= 15 is 0 Å². The van der Waals surface area contributed by atoms with E-state index in [9.17, 15) is 9.18 Å². The number of nitrogens with zero attached hydrogens (tertiary/aromatic N) is 2. The molecule has 1 aromatic carbocycles. The van der Waals surface area contributed by atoms with Crippen LogP contribution in [0.4, 0.5) is 4.39 Å². The SMILES string of the molecule is C=CCNC(=O)CCc1nc(-c2ccccc2F)no1. The first kappa shape index (κ1) is 13.9. The van der Waals surface area contributed by atoms with Crippen LogP contribution < -0.4 is 5.32 Å². The summed E-state index contributed by atoms with van der Waals surface area (Å²) in [6.45, 7) is 3.92. The summed E-state index contributed by atoms with van der Waals surface area (Å²) in [5, 5.41) is 6.36. The number of aryl methyl sites for hydroxylation is 1. The van der Waals surface area contributed by atoms with Crippen LogP contribution in [0.1, 0.15) is 12.3 Å². The van der Waals surface area contributed by atoms with Crippen LogP contribution in [0, 0.1) is 5.82 Å². The van der Waals surface area contributed by atoms with E-state index in [1.807, 2.05) is 0 Å². The Morgan fingerprint density at radius 2 is 2.25 bits per heavy atom. The summed E-state index contributed by atoms with van der Waals surface area (Å²) in [7, 11) is 0. The van der Waals surface area contributed by atoms with Crippen LogP contribution in [0.15, 0.2) is 41.4 Å². The van der Waals surface area contributed by atoms with Gasteiger partial charge in [0.15, 0.2) is 0 Å². The quantitative estimate of drug-likeness (QED) is 0.820. The Morgan fingerprint density at radius 1 is 1.45 bits per heavy atom. The number of carbonyl (C=O) groups is 1. The van der Waals surface area contributed by atoms with Crippen LogP contribution in [0.2, 0.25) is 0 Å². The van der Waals surface area contributed by atoms with Crippen molar-refractivity contribution in [2.75, 3.05) is 6.54 Å². The molecule has 6 heteroatoms. The van der Waals surface area contributed by atoms with Crippen LogP contribution >= 0.6 is 0 Å². The van der Waals surface area contributed by atoms with Crippen molar-refractivity contribution in [2.45, 2.75) is 12.8 Å². The summed E-state index contributed by atoms with van der Waals surface area (Å²) in [5.74, 6) is -0.0549. The normalized spacial score (nSPS) is 10.2. The highest BCUT2D eigenvalue weighted by atomic mass is 19.1. The summed E-state index contributed by atoms with van der Waals surface area (Å²) >= 11 is 0.